The predicted molar refractivity (Wildman–Crippen MR) is 93.8 cm³/mol. The lowest BCUT2D eigenvalue weighted by Crippen LogP contribution is -2.64. The number of carbonyl (C=O) groups excluding carboxylic acids is 1. The van der Waals surface area contributed by atoms with E-state index in [0.717, 1.165) is 50.6 Å². The van der Waals surface area contributed by atoms with Gasteiger partial charge in [-0.05, 0) is 31.3 Å². The van der Waals surface area contributed by atoms with Crippen molar-refractivity contribution in [3.63, 3.8) is 0 Å². The van der Waals surface area contributed by atoms with Crippen molar-refractivity contribution in [1.29, 1.82) is 0 Å². The molecule has 0 saturated carbocycles. The second-order valence-corrected chi connectivity index (χ2v) is 8.91. The highest BCUT2D eigenvalue weighted by molar-refractivity contribution is 5.50. The van der Waals surface area contributed by atoms with Crippen LogP contribution in [-0.4, -0.2) is 55.3 Å². The van der Waals surface area contributed by atoms with E-state index < -0.39 is 5.79 Å². The first-order chi connectivity index (χ1) is 13.2. The smallest absolute Gasteiger partial charge is 0.214 e. The van der Waals surface area contributed by atoms with Crippen LogP contribution in [0.2, 0.25) is 0 Å². The zero-order valence-electron chi connectivity index (χ0n) is 15.4. The van der Waals surface area contributed by atoms with Gasteiger partial charge in [0.15, 0.2) is 0 Å². The second-order valence-electron chi connectivity index (χ2n) is 8.91. The van der Waals surface area contributed by atoms with E-state index in [2.05, 4.69) is 6.58 Å². The molecule has 0 aromatic rings. The molecule has 0 spiro atoms. The molecule has 1 aliphatic carbocycles. The molecule has 5 heterocycles. The van der Waals surface area contributed by atoms with Gasteiger partial charge in [-0.15, -0.1) is 0 Å². The van der Waals surface area contributed by atoms with E-state index in [9.17, 15) is 4.79 Å². The molecule has 8 atom stereocenters. The van der Waals surface area contributed by atoms with Crippen molar-refractivity contribution < 1.29 is 28.5 Å². The summed E-state index contributed by atoms with van der Waals surface area (Å²) in [5.41, 5.74) is 2.47. The Labute approximate surface area is 158 Å². The average Bonchev–Trinajstić information content (AvgIpc) is 3.15. The van der Waals surface area contributed by atoms with Crippen molar-refractivity contribution in [3.8, 4) is 0 Å². The number of carbonyl (C=O) groups is 1. The fraction of sp³-hybridized carbons (Fsp3) is 0.762. The predicted octanol–water partition coefficient (Wildman–Crippen LogP) is 2.42. The molecule has 6 heteroatoms. The molecule has 6 rings (SSSR count). The van der Waals surface area contributed by atoms with Gasteiger partial charge < -0.3 is 28.5 Å². The van der Waals surface area contributed by atoms with Crippen LogP contribution in [-0.2, 0) is 28.5 Å². The Morgan fingerprint density at radius 1 is 1.19 bits per heavy atom. The SMILES string of the molecule is C=C1COC(CC[C@]23CC4=C(O2)C2C4OC4CCC(CC=O)O[C@@H]4C2O3)C1. The molecule has 0 amide bonds. The molecule has 0 aromatic heterocycles. The Bertz CT molecular complexity index is 715. The molecule has 4 saturated heterocycles. The molecule has 2 bridgehead atoms. The van der Waals surface area contributed by atoms with Gasteiger partial charge >= 0.3 is 0 Å². The van der Waals surface area contributed by atoms with Crippen molar-refractivity contribution >= 4 is 6.29 Å². The van der Waals surface area contributed by atoms with Crippen LogP contribution in [0.4, 0.5) is 0 Å². The quantitative estimate of drug-likeness (QED) is 0.544. The average molecular weight is 374 g/mol. The van der Waals surface area contributed by atoms with Crippen molar-refractivity contribution in [3.05, 3.63) is 23.5 Å². The molecular weight excluding hydrogens is 348 g/mol. The van der Waals surface area contributed by atoms with Gasteiger partial charge in [0, 0.05) is 24.8 Å². The molecule has 0 radical (unpaired) electrons. The van der Waals surface area contributed by atoms with Crippen LogP contribution in [0.25, 0.3) is 0 Å². The third-order valence-electron chi connectivity index (χ3n) is 7.13. The summed E-state index contributed by atoms with van der Waals surface area (Å²) in [6, 6.07) is 0. The highest BCUT2D eigenvalue weighted by atomic mass is 16.7. The number of hydrogen-bond acceptors (Lipinski definition) is 6. The van der Waals surface area contributed by atoms with E-state index in [-0.39, 0.29) is 42.5 Å². The number of hydrogen-bond donors (Lipinski definition) is 0. The van der Waals surface area contributed by atoms with E-state index >= 15 is 0 Å². The molecule has 27 heavy (non-hydrogen) atoms. The first kappa shape index (κ1) is 16.7. The summed E-state index contributed by atoms with van der Waals surface area (Å²) in [7, 11) is 0. The third kappa shape index (κ3) is 2.43. The molecule has 6 aliphatic rings. The molecule has 6 nitrogen and oxygen atoms in total. The van der Waals surface area contributed by atoms with Crippen LogP contribution in [0.1, 0.15) is 44.9 Å². The largest absolute Gasteiger partial charge is 0.466 e. The molecular formula is C21H26O6. The minimum absolute atomic E-state index is 0.0182. The van der Waals surface area contributed by atoms with Gasteiger partial charge in [-0.1, -0.05) is 6.58 Å². The maximum atomic E-state index is 10.9. The van der Waals surface area contributed by atoms with E-state index in [1.54, 1.807) is 0 Å². The van der Waals surface area contributed by atoms with Crippen LogP contribution in [0.3, 0.4) is 0 Å². The van der Waals surface area contributed by atoms with E-state index in [1.807, 2.05) is 0 Å². The normalized spacial score (nSPS) is 49.5. The summed E-state index contributed by atoms with van der Waals surface area (Å²) in [5.74, 6) is 0.662. The summed E-state index contributed by atoms with van der Waals surface area (Å²) in [4.78, 5) is 10.9. The number of aldehydes is 1. The number of fused-ring (bicyclic) bond motifs is 4. The van der Waals surface area contributed by atoms with Crippen LogP contribution >= 0.6 is 0 Å². The topological polar surface area (TPSA) is 63.2 Å². The first-order valence-electron chi connectivity index (χ1n) is 10.3. The lowest BCUT2D eigenvalue weighted by Gasteiger charge is -2.55. The molecule has 146 valence electrons. The van der Waals surface area contributed by atoms with Crippen molar-refractivity contribution in [2.45, 2.75) is 87.4 Å². The summed E-state index contributed by atoms with van der Waals surface area (Å²) >= 11 is 0. The summed E-state index contributed by atoms with van der Waals surface area (Å²) < 4.78 is 31.4. The fourth-order valence-corrected chi connectivity index (χ4v) is 5.84. The molecule has 5 aliphatic heterocycles. The standard InChI is InChI=1S/C21H26O6/c1-11-8-13(23-10-11)4-6-21-9-14-17-16(18(14)26-21)20(27-21)19-15(25-17)3-2-12(24-19)5-7-22/h7,12-13,15-17,19-20H,1-6,8-10H2/t12?,13?,15?,16?,17?,19-,20?,21-/m0/s1. The maximum absolute atomic E-state index is 10.9. The van der Waals surface area contributed by atoms with Gasteiger partial charge in [0.25, 0.3) is 0 Å². The summed E-state index contributed by atoms with van der Waals surface area (Å²) in [6.07, 6.45) is 6.91. The molecule has 4 fully saturated rings. The van der Waals surface area contributed by atoms with Crippen molar-refractivity contribution in [2.75, 3.05) is 6.61 Å². The Morgan fingerprint density at radius 3 is 2.93 bits per heavy atom. The van der Waals surface area contributed by atoms with Gasteiger partial charge in [0.1, 0.15) is 24.3 Å². The van der Waals surface area contributed by atoms with E-state index in [0.29, 0.717) is 13.0 Å². The van der Waals surface area contributed by atoms with Crippen molar-refractivity contribution in [1.82, 2.24) is 0 Å². The fourth-order valence-electron chi connectivity index (χ4n) is 5.84. The van der Waals surface area contributed by atoms with Crippen LogP contribution in [0.15, 0.2) is 23.5 Å². The zero-order chi connectivity index (χ0) is 18.2. The second kappa shape index (κ2) is 5.89. The lowest BCUT2D eigenvalue weighted by atomic mass is 9.72. The number of ether oxygens (including phenoxy) is 5. The highest BCUT2D eigenvalue weighted by Crippen LogP contribution is 2.62. The minimum atomic E-state index is -0.590. The van der Waals surface area contributed by atoms with Crippen LogP contribution < -0.4 is 0 Å². The minimum Gasteiger partial charge on any atom is -0.466 e. The highest BCUT2D eigenvalue weighted by Gasteiger charge is 2.68. The maximum Gasteiger partial charge on any atom is 0.214 e. The monoisotopic (exact) mass is 374 g/mol. The van der Waals surface area contributed by atoms with Gasteiger partial charge in [-0.2, -0.15) is 0 Å². The van der Waals surface area contributed by atoms with Crippen molar-refractivity contribution in [2.24, 2.45) is 5.92 Å². The molecule has 0 aromatic carbocycles. The summed E-state index contributed by atoms with van der Waals surface area (Å²) in [5, 5.41) is 0. The number of rotatable bonds is 5. The molecule has 6 unspecified atom stereocenters. The Hall–Kier alpha value is -1.21. The zero-order valence-corrected chi connectivity index (χ0v) is 15.4. The van der Waals surface area contributed by atoms with Gasteiger partial charge in [0.2, 0.25) is 5.79 Å². The van der Waals surface area contributed by atoms with E-state index in [4.69, 9.17) is 23.7 Å². The van der Waals surface area contributed by atoms with E-state index in [1.165, 1.54) is 11.1 Å². The van der Waals surface area contributed by atoms with Crippen LogP contribution in [0, 0.1) is 5.92 Å². The van der Waals surface area contributed by atoms with Gasteiger partial charge in [-0.3, -0.25) is 0 Å². The van der Waals surface area contributed by atoms with Crippen LogP contribution in [0.5, 0.6) is 0 Å². The third-order valence-corrected chi connectivity index (χ3v) is 7.13. The first-order valence-corrected chi connectivity index (χ1v) is 10.3. The lowest BCUT2D eigenvalue weighted by molar-refractivity contribution is -0.340. The summed E-state index contributed by atoms with van der Waals surface area (Å²) in [6.45, 7) is 4.69. The molecule has 0 N–H and O–H groups in total. The Kier molecular flexibility index (Phi) is 3.65. The van der Waals surface area contributed by atoms with Gasteiger partial charge in [-0.25, -0.2) is 0 Å². The van der Waals surface area contributed by atoms with Gasteiger partial charge in [0.05, 0.1) is 36.9 Å². The Morgan fingerprint density at radius 2 is 2.11 bits per heavy atom. The Balaban J connectivity index is 1.21.